The van der Waals surface area contributed by atoms with E-state index in [0.29, 0.717) is 54.8 Å². The van der Waals surface area contributed by atoms with E-state index in [0.717, 1.165) is 57.5 Å². The smallest absolute Gasteiger partial charge is 0.409 e. The van der Waals surface area contributed by atoms with Gasteiger partial charge in [-0.3, -0.25) is 19.8 Å². The first-order valence-electron chi connectivity index (χ1n) is 24.0. The summed E-state index contributed by atoms with van der Waals surface area (Å²) in [5.41, 5.74) is 2.50. The summed E-state index contributed by atoms with van der Waals surface area (Å²) in [4.78, 5) is 48.8. The molecule has 19 heteroatoms. The predicted octanol–water partition coefficient (Wildman–Crippen LogP) is 9.11. The van der Waals surface area contributed by atoms with Crippen LogP contribution in [0.3, 0.4) is 0 Å². The Hall–Kier alpha value is -6.31. The number of fused-ring (bicyclic) bond motifs is 2. The summed E-state index contributed by atoms with van der Waals surface area (Å²) in [6.45, 7) is 8.97. The molecule has 2 saturated carbocycles. The fraction of sp³-hybridized carbons (Fsp3) is 0.480. The number of H-pyrrole nitrogens is 1. The van der Waals surface area contributed by atoms with Gasteiger partial charge in [-0.25, -0.2) is 13.1 Å². The minimum absolute atomic E-state index is 0.0315. The van der Waals surface area contributed by atoms with Gasteiger partial charge in [-0.2, -0.15) is 0 Å². The molecule has 0 bridgehead atoms. The number of aliphatic hydroxyl groups is 1. The van der Waals surface area contributed by atoms with Crippen molar-refractivity contribution in [3.8, 4) is 17.2 Å². The Kier molecular flexibility index (Phi) is 12.0. The van der Waals surface area contributed by atoms with Crippen LogP contribution in [0.15, 0.2) is 77.8 Å². The lowest BCUT2D eigenvalue weighted by molar-refractivity contribution is -0.390. The summed E-state index contributed by atoms with van der Waals surface area (Å²) in [5, 5.41) is 38.9. The van der Waals surface area contributed by atoms with Crippen LogP contribution < -0.4 is 24.4 Å². The minimum atomic E-state index is -4.79. The summed E-state index contributed by atoms with van der Waals surface area (Å²) >= 11 is 0. The summed E-state index contributed by atoms with van der Waals surface area (Å²) in [6.07, 6.45) is 10.6. The van der Waals surface area contributed by atoms with Gasteiger partial charge in [0.25, 0.3) is 27.3 Å². The Morgan fingerprint density at radius 3 is 2.43 bits per heavy atom. The van der Waals surface area contributed by atoms with E-state index in [1.807, 2.05) is 0 Å². The third-order valence-electron chi connectivity index (χ3n) is 15.6. The van der Waals surface area contributed by atoms with Crippen LogP contribution in [-0.4, -0.2) is 88.1 Å². The number of aromatic amines is 1. The van der Waals surface area contributed by atoms with Crippen molar-refractivity contribution >= 4 is 49.8 Å². The van der Waals surface area contributed by atoms with Gasteiger partial charge in [-0.15, -0.1) is 0 Å². The number of carbonyl (C=O) groups excluding carboxylic acids is 1. The second-order valence-corrected chi connectivity index (χ2v) is 22.1. The Labute approximate surface area is 400 Å². The first kappa shape index (κ1) is 46.4. The van der Waals surface area contributed by atoms with E-state index < -0.39 is 47.8 Å². The molecule has 1 amide bonds. The Morgan fingerprint density at radius 1 is 0.957 bits per heavy atom. The molecule has 2 saturated heterocycles. The molecule has 69 heavy (non-hydrogen) atoms. The van der Waals surface area contributed by atoms with Crippen molar-refractivity contribution in [2.45, 2.75) is 120 Å². The van der Waals surface area contributed by atoms with Gasteiger partial charge < -0.3 is 39.9 Å². The highest BCUT2D eigenvalue weighted by Gasteiger charge is 2.50. The van der Waals surface area contributed by atoms with E-state index >= 15 is 0 Å². The van der Waals surface area contributed by atoms with Crippen molar-refractivity contribution in [3.05, 3.63) is 110 Å². The van der Waals surface area contributed by atoms with Gasteiger partial charge in [0.1, 0.15) is 12.4 Å². The van der Waals surface area contributed by atoms with Crippen LogP contribution in [0.4, 0.5) is 22.9 Å². The second kappa shape index (κ2) is 17.9. The lowest BCUT2D eigenvalue weighted by Gasteiger charge is -2.56. The van der Waals surface area contributed by atoms with Crippen molar-refractivity contribution in [2.75, 3.05) is 36.5 Å². The van der Waals surface area contributed by atoms with Crippen LogP contribution in [0.1, 0.15) is 118 Å². The highest BCUT2D eigenvalue weighted by Crippen LogP contribution is 2.54. The Balaban J connectivity index is 0.885. The van der Waals surface area contributed by atoms with Crippen LogP contribution in [0.5, 0.6) is 17.2 Å². The van der Waals surface area contributed by atoms with Crippen LogP contribution in [0.25, 0.3) is 11.0 Å². The number of nitro groups is 2. The molecule has 4 fully saturated rings. The van der Waals surface area contributed by atoms with Crippen molar-refractivity contribution in [1.29, 1.82) is 0 Å². The largest absolute Gasteiger partial charge is 0.489 e. The number of hydrogen-bond donors (Lipinski definition) is 4. The molecule has 2 aromatic heterocycles. The van der Waals surface area contributed by atoms with Crippen molar-refractivity contribution in [1.82, 2.24) is 19.6 Å². The standard InChI is InChI=1S/C50H58N8O10S/c1-30(2)36-7-4-5-8-37(36)40-9-6-20-56(40)34-27-50(28-34)17-21-55(22-18-50)33-10-11-38(42(24-33)68-44-23-32-14-19-51-46(32)53-47(44)58(63)64)48(59)54-69(65,66)35-25-41(57(61)62)45-43(26-35)67-29-39(52-45)31-12-15-49(3,60)16-13-31/h4-5,7-8,10-11,14,19,23-26,30-31,34,39-40,52,60H,6,9,12-13,15-18,20-22,27-29H2,1-3H3,(H,51,53)(H,54,59)/t31?,39-,40+,49?/m1/s1. The van der Waals surface area contributed by atoms with Crippen LogP contribution in [-0.2, 0) is 10.0 Å². The highest BCUT2D eigenvalue weighted by atomic mass is 32.2. The van der Waals surface area contributed by atoms with Crippen LogP contribution in [0.2, 0.25) is 0 Å². The van der Waals surface area contributed by atoms with E-state index in [1.54, 1.807) is 31.3 Å². The molecule has 3 aromatic carbocycles. The van der Waals surface area contributed by atoms with Gasteiger partial charge in [-0.1, -0.05) is 38.1 Å². The number of sulfonamides is 1. The lowest BCUT2D eigenvalue weighted by atomic mass is 9.59. The molecular formula is C50H58N8O10S. The van der Waals surface area contributed by atoms with Crippen molar-refractivity contribution < 1.29 is 37.6 Å². The number of rotatable bonds is 12. The van der Waals surface area contributed by atoms with Crippen molar-refractivity contribution in [2.24, 2.45) is 11.3 Å². The number of benzene rings is 3. The number of anilines is 2. The average Bonchev–Trinajstić information content (AvgIpc) is 4.00. The second-order valence-electron chi connectivity index (χ2n) is 20.4. The number of carbonyl (C=O) groups is 1. The molecule has 2 aliphatic carbocycles. The first-order chi connectivity index (χ1) is 33.0. The topological polar surface area (TPSA) is 235 Å². The van der Waals surface area contributed by atoms with Gasteiger partial charge in [0.15, 0.2) is 11.4 Å². The number of hydrogen-bond acceptors (Lipinski definition) is 14. The van der Waals surface area contributed by atoms with Crippen LogP contribution >= 0.6 is 0 Å². The SMILES string of the molecule is CC(C)c1ccccc1[C@@H]1CCCN1C1CC2(CCN(c3ccc(C(=O)NS(=O)(=O)c4cc5c(c([N+](=O)[O-])c4)N[C@@H](C4CCC(C)(O)CC4)CO5)c(Oc4cc5cc[nH]c5nc4[N+](=O)[O-])c3)CC2)C1. The number of amides is 1. The molecular weight excluding hydrogens is 905 g/mol. The summed E-state index contributed by atoms with van der Waals surface area (Å²) in [6, 6.07) is 19.3. The molecule has 4 N–H and O–H groups in total. The quantitative estimate of drug-likeness (QED) is 0.0674. The summed E-state index contributed by atoms with van der Waals surface area (Å²) in [7, 11) is -4.79. The van der Waals surface area contributed by atoms with Gasteiger partial charge in [-0.05, 0) is 134 Å². The van der Waals surface area contributed by atoms with Gasteiger partial charge in [0, 0.05) is 66.7 Å². The maximum Gasteiger partial charge on any atom is 0.409 e. The first-order valence-corrected chi connectivity index (χ1v) is 25.5. The fourth-order valence-electron chi connectivity index (χ4n) is 11.7. The zero-order valence-corrected chi connectivity index (χ0v) is 39.8. The molecule has 5 aromatic rings. The van der Waals surface area contributed by atoms with E-state index in [4.69, 9.17) is 9.47 Å². The Bertz CT molecular complexity index is 2930. The molecule has 10 rings (SSSR count). The zero-order valence-electron chi connectivity index (χ0n) is 39.0. The number of piperidine rings is 1. The lowest BCUT2D eigenvalue weighted by Crippen LogP contribution is -2.54. The third kappa shape index (κ3) is 9.07. The Morgan fingerprint density at radius 2 is 1.71 bits per heavy atom. The molecule has 0 radical (unpaired) electrons. The van der Waals surface area contributed by atoms with E-state index in [9.17, 15) is 38.5 Å². The predicted molar refractivity (Wildman–Crippen MR) is 259 cm³/mol. The van der Waals surface area contributed by atoms with Gasteiger partial charge in [0.2, 0.25) is 5.75 Å². The number of nitro benzene ring substituents is 1. The monoisotopic (exact) mass is 962 g/mol. The number of nitrogens with one attached hydrogen (secondary N) is 3. The summed E-state index contributed by atoms with van der Waals surface area (Å²) in [5.74, 6) is -1.68. The summed E-state index contributed by atoms with van der Waals surface area (Å²) < 4.78 is 42.3. The fourth-order valence-corrected chi connectivity index (χ4v) is 12.7. The molecule has 5 aliphatic rings. The normalized spacial score (nSPS) is 23.8. The number of likely N-dealkylation sites (tertiary alicyclic amines) is 1. The maximum absolute atomic E-state index is 14.2. The van der Waals surface area contributed by atoms with Gasteiger partial charge in [0.05, 0.1) is 27.0 Å². The van der Waals surface area contributed by atoms with Crippen molar-refractivity contribution in [3.63, 3.8) is 0 Å². The average molecular weight is 963 g/mol. The van der Waals surface area contributed by atoms with E-state index in [1.165, 1.54) is 36.1 Å². The minimum Gasteiger partial charge on any atom is -0.489 e. The number of ether oxygens (including phenoxy) is 2. The number of pyridine rings is 1. The zero-order chi connectivity index (χ0) is 48.4. The molecule has 3 aliphatic heterocycles. The van der Waals surface area contributed by atoms with E-state index in [-0.39, 0.29) is 58.1 Å². The molecule has 364 valence electrons. The number of aromatic nitrogens is 2. The van der Waals surface area contributed by atoms with Gasteiger partial charge >= 0.3 is 5.82 Å². The van der Waals surface area contributed by atoms with Crippen LogP contribution in [0, 0.1) is 31.6 Å². The molecule has 1 spiro atoms. The molecule has 18 nitrogen and oxygen atoms in total. The third-order valence-corrected chi connectivity index (χ3v) is 16.9. The highest BCUT2D eigenvalue weighted by molar-refractivity contribution is 7.90. The van der Waals surface area contributed by atoms with E-state index in [2.05, 4.69) is 67.9 Å². The maximum atomic E-state index is 14.2. The molecule has 2 atom stereocenters. The molecule has 0 unspecified atom stereocenters. The molecule has 5 heterocycles. The number of nitrogens with zero attached hydrogens (tertiary/aromatic N) is 5.